The van der Waals surface area contributed by atoms with Gasteiger partial charge in [0.15, 0.2) is 0 Å². The maximum Gasteiger partial charge on any atom is 0.235 e. The number of amides is 1. The molecule has 0 saturated heterocycles. The molecule has 0 saturated carbocycles. The van der Waals surface area contributed by atoms with Gasteiger partial charge < -0.3 is 10.1 Å². The predicted molar refractivity (Wildman–Crippen MR) is 125 cm³/mol. The summed E-state index contributed by atoms with van der Waals surface area (Å²) in [5.41, 5.74) is 3.90. The molecule has 3 aromatic heterocycles. The van der Waals surface area contributed by atoms with Crippen LogP contribution >= 0.6 is 34.6 Å². The number of nitriles is 1. The summed E-state index contributed by atoms with van der Waals surface area (Å²) >= 11 is 4.05. The fourth-order valence-corrected chi connectivity index (χ4v) is 5.68. The third kappa shape index (κ3) is 4.25. The van der Waals surface area contributed by atoms with Crippen molar-refractivity contribution in [3.63, 3.8) is 0 Å². The molecule has 31 heavy (non-hydrogen) atoms. The van der Waals surface area contributed by atoms with Gasteiger partial charge in [-0.2, -0.15) is 9.64 Å². The largest absolute Gasteiger partial charge is 0.497 e. The Morgan fingerprint density at radius 3 is 2.74 bits per heavy atom. The molecule has 0 bridgehead atoms. The molecular weight excluding hydrogens is 450 g/mol. The van der Waals surface area contributed by atoms with Gasteiger partial charge in [0, 0.05) is 10.4 Å². The number of thiophene rings is 1. The molecule has 7 nitrogen and oxygen atoms in total. The Kier molecular flexibility index (Phi) is 6.18. The minimum Gasteiger partial charge on any atom is -0.497 e. The lowest BCUT2D eigenvalue weighted by molar-refractivity contribution is -0.113. The third-order valence-electron chi connectivity index (χ3n) is 4.68. The number of aryl methyl sites for hydroxylation is 1. The number of benzene rings is 1. The van der Waals surface area contributed by atoms with E-state index < -0.39 is 0 Å². The van der Waals surface area contributed by atoms with Crippen LogP contribution < -0.4 is 10.1 Å². The number of ether oxygens (including phenoxy) is 1. The molecule has 3 heterocycles. The van der Waals surface area contributed by atoms with Crippen LogP contribution in [0, 0.1) is 25.2 Å². The van der Waals surface area contributed by atoms with Crippen molar-refractivity contribution in [2.24, 2.45) is 0 Å². The second-order valence-electron chi connectivity index (χ2n) is 6.55. The number of carbonyl (C=O) groups excluding carboxylic acids is 1. The molecule has 0 unspecified atom stereocenters. The van der Waals surface area contributed by atoms with E-state index in [0.29, 0.717) is 15.6 Å². The van der Waals surface area contributed by atoms with Crippen molar-refractivity contribution in [3.8, 4) is 23.1 Å². The number of carbonyl (C=O) groups is 1. The first-order valence-corrected chi connectivity index (χ1v) is 11.8. The maximum atomic E-state index is 12.5. The van der Waals surface area contributed by atoms with Crippen molar-refractivity contribution < 1.29 is 9.53 Å². The second-order valence-corrected chi connectivity index (χ2v) is 9.51. The first-order chi connectivity index (χ1) is 15.0. The molecule has 0 aliphatic heterocycles. The lowest BCUT2D eigenvalue weighted by Gasteiger charge is -2.04. The van der Waals surface area contributed by atoms with Crippen LogP contribution in [0.3, 0.4) is 0 Å². The van der Waals surface area contributed by atoms with Crippen LogP contribution in [0.2, 0.25) is 0 Å². The zero-order chi connectivity index (χ0) is 22.0. The monoisotopic (exact) mass is 467 g/mol. The van der Waals surface area contributed by atoms with Crippen LogP contribution in [0.15, 0.2) is 35.6 Å². The number of anilines is 1. The minimum absolute atomic E-state index is 0.169. The highest BCUT2D eigenvalue weighted by Gasteiger charge is 2.17. The van der Waals surface area contributed by atoms with E-state index in [2.05, 4.69) is 25.7 Å². The third-order valence-corrected chi connectivity index (χ3v) is 7.76. The summed E-state index contributed by atoms with van der Waals surface area (Å²) in [5.74, 6) is 0.758. The molecule has 1 N–H and O–H groups in total. The Bertz CT molecular complexity index is 1310. The molecule has 4 rings (SSSR count). The molecular formula is C21H17N5O2S3. The zero-order valence-corrected chi connectivity index (χ0v) is 19.4. The summed E-state index contributed by atoms with van der Waals surface area (Å²) in [4.78, 5) is 22.3. The first-order valence-electron chi connectivity index (χ1n) is 9.19. The Morgan fingerprint density at radius 2 is 2.03 bits per heavy atom. The van der Waals surface area contributed by atoms with Gasteiger partial charge >= 0.3 is 0 Å². The number of nitrogens with zero attached hydrogens (tertiary/aromatic N) is 4. The van der Waals surface area contributed by atoms with Crippen LogP contribution in [0.5, 0.6) is 5.75 Å². The number of rotatable bonds is 6. The topological polar surface area (TPSA) is 101 Å². The van der Waals surface area contributed by atoms with Gasteiger partial charge in [-0.15, -0.1) is 11.3 Å². The summed E-state index contributed by atoms with van der Waals surface area (Å²) in [6.07, 6.45) is 1.49. The molecule has 0 spiro atoms. The highest BCUT2D eigenvalue weighted by molar-refractivity contribution is 8.00. The van der Waals surface area contributed by atoms with Gasteiger partial charge in [-0.1, -0.05) is 11.8 Å². The van der Waals surface area contributed by atoms with Crippen molar-refractivity contribution in [3.05, 3.63) is 46.6 Å². The fraction of sp³-hybridized carbons (Fsp3) is 0.190. The number of hydrogen-bond acceptors (Lipinski definition) is 9. The number of methoxy groups -OCH3 is 1. The number of nitrogens with one attached hydrogen (secondary N) is 1. The molecule has 0 aliphatic rings. The van der Waals surface area contributed by atoms with Gasteiger partial charge in [0.05, 0.1) is 18.4 Å². The van der Waals surface area contributed by atoms with Crippen LogP contribution in [-0.2, 0) is 4.79 Å². The van der Waals surface area contributed by atoms with E-state index in [-0.39, 0.29) is 11.7 Å². The van der Waals surface area contributed by atoms with Gasteiger partial charge in [0.1, 0.15) is 44.1 Å². The number of hydrogen-bond donors (Lipinski definition) is 1. The predicted octanol–water partition coefficient (Wildman–Crippen LogP) is 5.04. The van der Waals surface area contributed by atoms with Gasteiger partial charge in [-0.05, 0) is 55.2 Å². The second kappa shape index (κ2) is 9.01. The van der Waals surface area contributed by atoms with Gasteiger partial charge in [0.2, 0.25) is 5.91 Å². The summed E-state index contributed by atoms with van der Waals surface area (Å²) in [6, 6.07) is 9.80. The Hall–Kier alpha value is -3.00. The Labute approximate surface area is 191 Å². The summed E-state index contributed by atoms with van der Waals surface area (Å²) in [6.45, 7) is 3.82. The highest BCUT2D eigenvalue weighted by atomic mass is 32.2. The smallest absolute Gasteiger partial charge is 0.235 e. The minimum atomic E-state index is -0.186. The van der Waals surface area contributed by atoms with Gasteiger partial charge in [-0.25, -0.2) is 9.97 Å². The normalized spacial score (nSPS) is 10.8. The van der Waals surface area contributed by atoms with Gasteiger partial charge in [-0.3, -0.25) is 4.79 Å². The highest BCUT2D eigenvalue weighted by Crippen LogP contribution is 2.35. The zero-order valence-electron chi connectivity index (χ0n) is 16.9. The quantitative estimate of drug-likeness (QED) is 0.313. The Morgan fingerprint density at radius 1 is 1.26 bits per heavy atom. The summed E-state index contributed by atoms with van der Waals surface area (Å²) in [5, 5.41) is 13.5. The van der Waals surface area contributed by atoms with Crippen molar-refractivity contribution in [1.82, 2.24) is 14.3 Å². The van der Waals surface area contributed by atoms with E-state index in [1.54, 1.807) is 7.11 Å². The SMILES string of the molecule is COc1ccc(-c2nsc3c(SCC(=O)Nc4sc(C)c(C)c4C#N)ncnc23)cc1. The molecule has 156 valence electrons. The van der Waals surface area contributed by atoms with E-state index in [4.69, 9.17) is 4.74 Å². The number of thioether (sulfide) groups is 1. The Balaban J connectivity index is 1.52. The lowest BCUT2D eigenvalue weighted by Crippen LogP contribution is -2.14. The lowest BCUT2D eigenvalue weighted by atomic mass is 10.1. The summed E-state index contributed by atoms with van der Waals surface area (Å²) < 4.78 is 10.6. The molecule has 4 aromatic rings. The standard InChI is InChI=1S/C21H17N5O2S3/c1-11-12(2)30-20(15(11)8-22)25-16(27)9-29-21-19-18(23-10-24-21)17(26-31-19)13-4-6-14(28-3)7-5-13/h4-7,10H,9H2,1-3H3,(H,25,27). The van der Waals surface area contributed by atoms with E-state index >= 15 is 0 Å². The van der Waals surface area contributed by atoms with Gasteiger partial charge in [0.25, 0.3) is 0 Å². The van der Waals surface area contributed by atoms with Crippen LogP contribution in [0.25, 0.3) is 21.5 Å². The van der Waals surface area contributed by atoms with Crippen molar-refractivity contribution >= 4 is 55.8 Å². The molecule has 10 heteroatoms. The maximum absolute atomic E-state index is 12.5. The van der Waals surface area contributed by atoms with Crippen molar-refractivity contribution in [1.29, 1.82) is 5.26 Å². The molecule has 0 atom stereocenters. The van der Waals surface area contributed by atoms with E-state index in [9.17, 15) is 10.1 Å². The van der Waals surface area contributed by atoms with E-state index in [0.717, 1.165) is 37.7 Å². The van der Waals surface area contributed by atoms with Crippen molar-refractivity contribution in [2.45, 2.75) is 18.9 Å². The number of aromatic nitrogens is 3. The van der Waals surface area contributed by atoms with Crippen LogP contribution in [0.4, 0.5) is 5.00 Å². The van der Waals surface area contributed by atoms with Crippen molar-refractivity contribution in [2.75, 3.05) is 18.2 Å². The average Bonchev–Trinajstić information content (AvgIpc) is 3.33. The molecule has 0 radical (unpaired) electrons. The molecule has 0 fully saturated rings. The average molecular weight is 468 g/mol. The molecule has 1 aromatic carbocycles. The van der Waals surface area contributed by atoms with Crippen LogP contribution in [0.1, 0.15) is 16.0 Å². The van der Waals surface area contributed by atoms with Crippen LogP contribution in [-0.4, -0.2) is 33.1 Å². The van der Waals surface area contributed by atoms with E-state index in [1.165, 1.54) is 41.0 Å². The fourth-order valence-electron chi connectivity index (χ4n) is 2.93. The molecule has 1 amide bonds. The summed E-state index contributed by atoms with van der Waals surface area (Å²) in [7, 11) is 1.63. The molecule has 0 aliphatic carbocycles. The van der Waals surface area contributed by atoms with E-state index in [1.807, 2.05) is 38.1 Å². The number of fused-ring (bicyclic) bond motifs is 1. The first kappa shape index (κ1) is 21.2.